The van der Waals surface area contributed by atoms with Crippen LogP contribution in [0.4, 0.5) is 5.69 Å². The Morgan fingerprint density at radius 3 is 2.90 bits per heavy atom. The van der Waals surface area contributed by atoms with Crippen molar-refractivity contribution in [3.8, 4) is 11.5 Å². The summed E-state index contributed by atoms with van der Waals surface area (Å²) in [6, 6.07) is 13.1. The molecule has 0 atom stereocenters. The van der Waals surface area contributed by atoms with Crippen LogP contribution in [-0.4, -0.2) is 22.7 Å². The number of nitrogens with zero attached hydrogens (tertiary/aromatic N) is 1. The summed E-state index contributed by atoms with van der Waals surface area (Å²) in [5.41, 5.74) is 2.75. The average Bonchev–Trinajstić information content (AvgIpc) is 2.87. The minimum Gasteiger partial charge on any atom is -0.504 e. The number of fused-ring (bicyclic) bond motifs is 1. The first-order chi connectivity index (χ1) is 9.65. The Balaban J connectivity index is 1.79. The van der Waals surface area contributed by atoms with E-state index in [9.17, 15) is 15.0 Å². The van der Waals surface area contributed by atoms with Crippen molar-refractivity contribution >= 4 is 11.6 Å². The van der Waals surface area contributed by atoms with Crippen LogP contribution in [0.3, 0.4) is 0 Å². The van der Waals surface area contributed by atoms with Gasteiger partial charge in [-0.2, -0.15) is 0 Å². The third kappa shape index (κ3) is 2.20. The Kier molecular flexibility index (Phi) is 3.06. The molecule has 1 aliphatic heterocycles. The Bertz CT molecular complexity index is 667. The van der Waals surface area contributed by atoms with Crippen molar-refractivity contribution in [1.29, 1.82) is 0 Å². The molecular formula is C16H14NO3. The lowest BCUT2D eigenvalue weighted by Crippen LogP contribution is -2.30. The fourth-order valence-electron chi connectivity index (χ4n) is 2.48. The molecule has 0 saturated carbocycles. The van der Waals surface area contributed by atoms with Crippen molar-refractivity contribution in [3.05, 3.63) is 53.6 Å². The van der Waals surface area contributed by atoms with E-state index in [0.717, 1.165) is 17.7 Å². The smallest absolute Gasteiger partial charge is 0.231 e. The first-order valence-electron chi connectivity index (χ1n) is 6.45. The lowest BCUT2D eigenvalue weighted by atomic mass is 10.1. The third-order valence-electron chi connectivity index (χ3n) is 3.52. The van der Waals surface area contributed by atoms with Crippen LogP contribution in [0.2, 0.25) is 0 Å². The monoisotopic (exact) mass is 268 g/mol. The van der Waals surface area contributed by atoms with E-state index >= 15 is 0 Å². The number of amides is 1. The summed E-state index contributed by atoms with van der Waals surface area (Å²) in [4.78, 5) is 14.1. The van der Waals surface area contributed by atoms with Crippen molar-refractivity contribution in [2.75, 3.05) is 11.4 Å². The Hall–Kier alpha value is -2.49. The van der Waals surface area contributed by atoms with Gasteiger partial charge >= 0.3 is 0 Å². The molecule has 2 aromatic carbocycles. The molecule has 20 heavy (non-hydrogen) atoms. The molecule has 0 unspecified atom stereocenters. The molecule has 0 aliphatic carbocycles. The number of carbonyl (C=O) groups is 1. The van der Waals surface area contributed by atoms with Gasteiger partial charge < -0.3 is 15.1 Å². The SMILES string of the molecule is O=C(Cc1ccc(O)c(O)c1)N1CCc2cc[c]cc21. The summed E-state index contributed by atoms with van der Waals surface area (Å²) in [7, 11) is 0. The largest absolute Gasteiger partial charge is 0.504 e. The summed E-state index contributed by atoms with van der Waals surface area (Å²) in [6.45, 7) is 0.677. The molecule has 4 nitrogen and oxygen atoms in total. The van der Waals surface area contributed by atoms with Gasteiger partial charge in [-0.3, -0.25) is 4.79 Å². The molecule has 101 valence electrons. The Labute approximate surface area is 116 Å². The summed E-state index contributed by atoms with van der Waals surface area (Å²) in [5.74, 6) is -0.402. The normalized spacial score (nSPS) is 13.3. The molecule has 1 amide bonds. The molecular weight excluding hydrogens is 254 g/mol. The summed E-state index contributed by atoms with van der Waals surface area (Å²) in [5, 5.41) is 18.7. The maximum atomic E-state index is 12.3. The van der Waals surface area contributed by atoms with E-state index in [1.54, 1.807) is 11.0 Å². The summed E-state index contributed by atoms with van der Waals surface area (Å²) in [6.07, 6.45) is 1.05. The quantitative estimate of drug-likeness (QED) is 0.819. The number of carbonyl (C=O) groups excluding carboxylic acids is 1. The lowest BCUT2D eigenvalue weighted by molar-refractivity contribution is -0.117. The van der Waals surface area contributed by atoms with E-state index in [2.05, 4.69) is 6.07 Å². The fraction of sp³-hybridized carbons (Fsp3) is 0.188. The molecule has 1 aliphatic rings. The van der Waals surface area contributed by atoms with Crippen LogP contribution in [0, 0.1) is 6.07 Å². The van der Waals surface area contributed by atoms with Gasteiger partial charge in [0.25, 0.3) is 0 Å². The number of aromatic hydroxyl groups is 2. The van der Waals surface area contributed by atoms with E-state index in [1.165, 1.54) is 12.1 Å². The molecule has 2 N–H and O–H groups in total. The molecule has 3 rings (SSSR count). The lowest BCUT2D eigenvalue weighted by Gasteiger charge is -2.17. The predicted molar refractivity (Wildman–Crippen MR) is 74.8 cm³/mol. The van der Waals surface area contributed by atoms with Crippen molar-refractivity contribution in [3.63, 3.8) is 0 Å². The maximum absolute atomic E-state index is 12.3. The van der Waals surface area contributed by atoms with Gasteiger partial charge in [0.05, 0.1) is 6.42 Å². The zero-order valence-corrected chi connectivity index (χ0v) is 10.8. The molecule has 4 heteroatoms. The second kappa shape index (κ2) is 4.89. The van der Waals surface area contributed by atoms with Crippen molar-refractivity contribution in [2.24, 2.45) is 0 Å². The predicted octanol–water partition coefficient (Wildman–Crippen LogP) is 2.03. The standard InChI is InChI=1S/C16H14NO3/c18-14-6-5-11(9-15(14)19)10-16(20)17-8-7-12-3-1-2-4-13(12)17/h1,3-6,9,18-19H,7-8,10H2. The number of hydrogen-bond donors (Lipinski definition) is 2. The van der Waals surface area contributed by atoms with Crippen molar-refractivity contribution < 1.29 is 15.0 Å². The molecule has 2 aromatic rings. The third-order valence-corrected chi connectivity index (χ3v) is 3.52. The minimum absolute atomic E-state index is 0.0200. The summed E-state index contributed by atoms with van der Waals surface area (Å²) >= 11 is 0. The van der Waals surface area contributed by atoms with Gasteiger partial charge in [-0.25, -0.2) is 0 Å². The Morgan fingerprint density at radius 1 is 1.25 bits per heavy atom. The van der Waals surface area contributed by atoms with Crippen LogP contribution in [0.1, 0.15) is 11.1 Å². The second-order valence-electron chi connectivity index (χ2n) is 4.85. The first-order valence-corrected chi connectivity index (χ1v) is 6.45. The minimum atomic E-state index is -0.203. The Morgan fingerprint density at radius 2 is 2.10 bits per heavy atom. The van der Waals surface area contributed by atoms with E-state index in [4.69, 9.17) is 0 Å². The zero-order chi connectivity index (χ0) is 14.1. The number of benzene rings is 2. The number of phenolic OH excluding ortho intramolecular Hbond substituents is 2. The maximum Gasteiger partial charge on any atom is 0.231 e. The average molecular weight is 268 g/mol. The highest BCUT2D eigenvalue weighted by molar-refractivity contribution is 5.96. The van der Waals surface area contributed by atoms with Gasteiger partial charge in [0.2, 0.25) is 5.91 Å². The van der Waals surface area contributed by atoms with E-state index < -0.39 is 0 Å². The van der Waals surface area contributed by atoms with Crippen LogP contribution < -0.4 is 4.90 Å². The van der Waals surface area contributed by atoms with Gasteiger partial charge in [0.15, 0.2) is 11.5 Å². The number of hydrogen-bond acceptors (Lipinski definition) is 3. The van der Waals surface area contributed by atoms with Gasteiger partial charge in [0, 0.05) is 12.2 Å². The molecule has 0 aromatic heterocycles. The molecule has 1 radical (unpaired) electrons. The van der Waals surface area contributed by atoms with Crippen LogP contribution in [0.15, 0.2) is 36.4 Å². The highest BCUT2D eigenvalue weighted by atomic mass is 16.3. The van der Waals surface area contributed by atoms with Gasteiger partial charge in [-0.05, 0) is 41.8 Å². The van der Waals surface area contributed by atoms with Crippen molar-refractivity contribution in [1.82, 2.24) is 0 Å². The fourth-order valence-corrected chi connectivity index (χ4v) is 2.48. The van der Waals surface area contributed by atoms with Crippen LogP contribution >= 0.6 is 0 Å². The molecule has 0 spiro atoms. The second-order valence-corrected chi connectivity index (χ2v) is 4.85. The molecule has 0 bridgehead atoms. The van der Waals surface area contributed by atoms with E-state index in [1.807, 2.05) is 18.2 Å². The number of anilines is 1. The van der Waals surface area contributed by atoms with Gasteiger partial charge in [-0.1, -0.05) is 18.2 Å². The number of rotatable bonds is 2. The van der Waals surface area contributed by atoms with Gasteiger partial charge in [0.1, 0.15) is 0 Å². The molecule has 1 heterocycles. The van der Waals surface area contributed by atoms with Gasteiger partial charge in [-0.15, -0.1) is 0 Å². The number of phenols is 2. The first kappa shape index (κ1) is 12.5. The molecule has 0 saturated heterocycles. The van der Waals surface area contributed by atoms with Crippen LogP contribution in [-0.2, 0) is 17.6 Å². The zero-order valence-electron chi connectivity index (χ0n) is 10.8. The van der Waals surface area contributed by atoms with E-state index in [0.29, 0.717) is 12.1 Å². The topological polar surface area (TPSA) is 60.8 Å². The van der Waals surface area contributed by atoms with E-state index in [-0.39, 0.29) is 23.8 Å². The van der Waals surface area contributed by atoms with Crippen molar-refractivity contribution in [2.45, 2.75) is 12.8 Å². The highest BCUT2D eigenvalue weighted by Crippen LogP contribution is 2.29. The molecule has 0 fully saturated rings. The summed E-state index contributed by atoms with van der Waals surface area (Å²) < 4.78 is 0. The van der Waals surface area contributed by atoms with Crippen LogP contribution in [0.25, 0.3) is 0 Å². The van der Waals surface area contributed by atoms with Crippen LogP contribution in [0.5, 0.6) is 11.5 Å². The highest BCUT2D eigenvalue weighted by Gasteiger charge is 2.24.